The Labute approximate surface area is 191 Å². The molecule has 0 unspecified atom stereocenters. The van der Waals surface area contributed by atoms with Gasteiger partial charge in [0.1, 0.15) is 29.6 Å². The van der Waals surface area contributed by atoms with E-state index in [4.69, 9.17) is 14.2 Å². The van der Waals surface area contributed by atoms with Crippen LogP contribution in [0.15, 0.2) is 71.6 Å². The average molecular weight is 475 g/mol. The van der Waals surface area contributed by atoms with Crippen LogP contribution in [0.1, 0.15) is 0 Å². The summed E-state index contributed by atoms with van der Waals surface area (Å²) in [5.74, 6) is 0.179. The molecule has 8 nitrogen and oxygen atoms in total. The first-order chi connectivity index (χ1) is 15.8. The molecule has 0 fully saturated rings. The molecule has 0 atom stereocenters. The Morgan fingerprint density at radius 2 is 1.48 bits per heavy atom. The molecule has 33 heavy (non-hydrogen) atoms. The minimum atomic E-state index is -4.20. The van der Waals surface area contributed by atoms with Crippen molar-refractivity contribution in [3.8, 4) is 17.2 Å². The lowest BCUT2D eigenvalue weighted by molar-refractivity contribution is -0.114. The predicted octanol–water partition coefficient (Wildman–Crippen LogP) is 3.69. The Morgan fingerprint density at radius 1 is 0.879 bits per heavy atom. The standard InChI is InChI=1S/C23H23FN2O6S/c1-30-18-8-6-17(7-9-18)26(33(28,29)20-11-4-16(24)5-12-20)15-23(27)25-21-14-19(31-2)10-13-22(21)32-3/h4-14H,15H2,1-3H3,(H,25,27). The van der Waals surface area contributed by atoms with E-state index in [2.05, 4.69) is 5.32 Å². The smallest absolute Gasteiger partial charge is 0.264 e. The number of amides is 1. The quantitative estimate of drug-likeness (QED) is 0.509. The highest BCUT2D eigenvalue weighted by Crippen LogP contribution is 2.30. The second-order valence-electron chi connectivity index (χ2n) is 6.78. The summed E-state index contributed by atoms with van der Waals surface area (Å²) >= 11 is 0. The zero-order valence-corrected chi connectivity index (χ0v) is 19.1. The SMILES string of the molecule is COc1ccc(N(CC(=O)Nc2cc(OC)ccc2OC)S(=O)(=O)c2ccc(F)cc2)cc1. The minimum absolute atomic E-state index is 0.161. The van der Waals surface area contributed by atoms with Crippen LogP contribution < -0.4 is 23.8 Å². The van der Waals surface area contributed by atoms with Crippen LogP contribution in [0.3, 0.4) is 0 Å². The molecule has 0 heterocycles. The summed E-state index contributed by atoms with van der Waals surface area (Å²) in [6.07, 6.45) is 0. The van der Waals surface area contributed by atoms with Crippen molar-refractivity contribution in [2.75, 3.05) is 37.5 Å². The van der Waals surface area contributed by atoms with Gasteiger partial charge in [-0.05, 0) is 60.7 Å². The Bertz CT molecular complexity index is 1210. The van der Waals surface area contributed by atoms with Gasteiger partial charge >= 0.3 is 0 Å². The highest BCUT2D eigenvalue weighted by Gasteiger charge is 2.28. The number of nitrogens with zero attached hydrogens (tertiary/aromatic N) is 1. The lowest BCUT2D eigenvalue weighted by Gasteiger charge is -2.24. The molecule has 3 rings (SSSR count). The summed E-state index contributed by atoms with van der Waals surface area (Å²) in [5.41, 5.74) is 0.545. The monoisotopic (exact) mass is 474 g/mol. The summed E-state index contributed by atoms with van der Waals surface area (Å²) in [6.45, 7) is -0.549. The third kappa shape index (κ3) is 5.53. The maximum absolute atomic E-state index is 13.4. The Hall–Kier alpha value is -3.79. The molecule has 1 amide bonds. The van der Waals surface area contributed by atoms with E-state index in [0.29, 0.717) is 22.9 Å². The van der Waals surface area contributed by atoms with Gasteiger partial charge in [0, 0.05) is 6.07 Å². The predicted molar refractivity (Wildman–Crippen MR) is 122 cm³/mol. The molecule has 0 aliphatic carbocycles. The van der Waals surface area contributed by atoms with Crippen molar-refractivity contribution in [1.29, 1.82) is 0 Å². The van der Waals surface area contributed by atoms with Gasteiger partial charge in [-0.15, -0.1) is 0 Å². The van der Waals surface area contributed by atoms with Crippen LogP contribution in [-0.2, 0) is 14.8 Å². The topological polar surface area (TPSA) is 94.2 Å². The summed E-state index contributed by atoms with van der Waals surface area (Å²) in [7, 11) is 0.211. The molecule has 0 bridgehead atoms. The van der Waals surface area contributed by atoms with Gasteiger partial charge in [0.05, 0.1) is 37.6 Å². The number of carbonyl (C=O) groups is 1. The summed E-state index contributed by atoms with van der Waals surface area (Å²) in [4.78, 5) is 12.8. The number of carbonyl (C=O) groups excluding carboxylic acids is 1. The van der Waals surface area contributed by atoms with Gasteiger partial charge in [0.15, 0.2) is 0 Å². The van der Waals surface area contributed by atoms with E-state index in [0.717, 1.165) is 28.6 Å². The van der Waals surface area contributed by atoms with Crippen molar-refractivity contribution in [3.63, 3.8) is 0 Å². The molecule has 174 valence electrons. The highest BCUT2D eigenvalue weighted by atomic mass is 32.2. The maximum Gasteiger partial charge on any atom is 0.264 e. The number of nitrogens with one attached hydrogen (secondary N) is 1. The van der Waals surface area contributed by atoms with E-state index in [-0.39, 0.29) is 10.6 Å². The molecule has 3 aromatic rings. The average Bonchev–Trinajstić information content (AvgIpc) is 2.82. The van der Waals surface area contributed by atoms with Crippen molar-refractivity contribution in [2.24, 2.45) is 0 Å². The molecule has 0 aliphatic heterocycles. The fourth-order valence-corrected chi connectivity index (χ4v) is 4.45. The third-order valence-electron chi connectivity index (χ3n) is 4.73. The van der Waals surface area contributed by atoms with E-state index in [1.807, 2.05) is 0 Å². The van der Waals surface area contributed by atoms with Crippen LogP contribution in [-0.4, -0.2) is 42.2 Å². The number of ether oxygens (including phenoxy) is 3. The third-order valence-corrected chi connectivity index (χ3v) is 6.52. The maximum atomic E-state index is 13.4. The van der Waals surface area contributed by atoms with Crippen molar-refractivity contribution >= 4 is 27.3 Å². The molecular formula is C23H23FN2O6S. The van der Waals surface area contributed by atoms with Crippen LogP contribution in [0, 0.1) is 5.82 Å². The molecule has 0 saturated carbocycles. The van der Waals surface area contributed by atoms with Crippen molar-refractivity contribution in [3.05, 3.63) is 72.5 Å². The molecule has 0 aliphatic rings. The zero-order valence-electron chi connectivity index (χ0n) is 18.2. The normalized spacial score (nSPS) is 10.9. The van der Waals surface area contributed by atoms with Crippen molar-refractivity contribution < 1.29 is 31.8 Å². The van der Waals surface area contributed by atoms with Crippen LogP contribution in [0.5, 0.6) is 17.2 Å². The first-order valence-electron chi connectivity index (χ1n) is 9.72. The van der Waals surface area contributed by atoms with Gasteiger partial charge in [-0.1, -0.05) is 0 Å². The Balaban J connectivity index is 1.96. The summed E-state index contributed by atoms with van der Waals surface area (Å²) in [5, 5.41) is 2.66. The van der Waals surface area contributed by atoms with E-state index < -0.39 is 28.3 Å². The number of sulfonamides is 1. The second kappa shape index (κ2) is 10.2. The molecule has 0 saturated heterocycles. The largest absolute Gasteiger partial charge is 0.497 e. The van der Waals surface area contributed by atoms with Crippen molar-refractivity contribution in [1.82, 2.24) is 0 Å². The van der Waals surface area contributed by atoms with Gasteiger partial charge in [-0.25, -0.2) is 12.8 Å². The van der Waals surface area contributed by atoms with Crippen LogP contribution in [0.2, 0.25) is 0 Å². The van der Waals surface area contributed by atoms with Crippen molar-refractivity contribution in [2.45, 2.75) is 4.90 Å². The number of methoxy groups -OCH3 is 3. The van der Waals surface area contributed by atoms with E-state index in [1.165, 1.54) is 33.5 Å². The number of rotatable bonds is 9. The highest BCUT2D eigenvalue weighted by molar-refractivity contribution is 7.92. The van der Waals surface area contributed by atoms with E-state index in [1.54, 1.807) is 30.3 Å². The first kappa shape index (κ1) is 23.9. The second-order valence-corrected chi connectivity index (χ2v) is 8.64. The number of anilines is 2. The fraction of sp³-hybridized carbons (Fsp3) is 0.174. The number of hydrogen-bond donors (Lipinski definition) is 1. The number of hydrogen-bond acceptors (Lipinski definition) is 6. The zero-order chi connectivity index (χ0) is 24.0. The first-order valence-corrected chi connectivity index (χ1v) is 11.2. The minimum Gasteiger partial charge on any atom is -0.497 e. The summed E-state index contributed by atoms with van der Waals surface area (Å²) < 4.78 is 56.6. The number of halogens is 1. The molecule has 10 heteroatoms. The molecular weight excluding hydrogens is 451 g/mol. The van der Waals surface area contributed by atoms with Crippen LogP contribution in [0.25, 0.3) is 0 Å². The lowest BCUT2D eigenvalue weighted by atomic mass is 10.2. The van der Waals surface area contributed by atoms with Gasteiger partial charge in [0.25, 0.3) is 10.0 Å². The van der Waals surface area contributed by atoms with Crippen LogP contribution >= 0.6 is 0 Å². The molecule has 0 spiro atoms. The molecule has 0 radical (unpaired) electrons. The van der Waals surface area contributed by atoms with Gasteiger partial charge < -0.3 is 19.5 Å². The van der Waals surface area contributed by atoms with E-state index >= 15 is 0 Å². The Kier molecular flexibility index (Phi) is 7.39. The van der Waals surface area contributed by atoms with Gasteiger partial charge in [-0.2, -0.15) is 0 Å². The number of benzene rings is 3. The molecule has 3 aromatic carbocycles. The van der Waals surface area contributed by atoms with Crippen LogP contribution in [0.4, 0.5) is 15.8 Å². The van der Waals surface area contributed by atoms with Gasteiger partial charge in [0.2, 0.25) is 5.91 Å². The molecule has 1 N–H and O–H groups in total. The van der Waals surface area contributed by atoms with E-state index in [9.17, 15) is 17.6 Å². The lowest BCUT2D eigenvalue weighted by Crippen LogP contribution is -2.38. The molecule has 0 aromatic heterocycles. The summed E-state index contributed by atoms with van der Waals surface area (Å²) in [6, 6.07) is 15.4. The van der Waals surface area contributed by atoms with Gasteiger partial charge in [-0.3, -0.25) is 9.10 Å². The Morgan fingerprint density at radius 3 is 2.06 bits per heavy atom. The fourth-order valence-electron chi connectivity index (χ4n) is 3.03.